The molecule has 0 spiro atoms. The fraction of sp³-hybridized carbons (Fsp3) is 0.150. The van der Waals surface area contributed by atoms with Crippen LogP contribution < -0.4 is 5.32 Å². The van der Waals surface area contributed by atoms with Crippen LogP contribution in [0.3, 0.4) is 0 Å². The third-order valence-corrected chi connectivity index (χ3v) is 4.43. The number of esters is 1. The molecule has 0 fully saturated rings. The number of anilines is 1. The molecule has 0 saturated carbocycles. The van der Waals surface area contributed by atoms with Gasteiger partial charge in [0, 0.05) is 24.4 Å². The Morgan fingerprint density at radius 1 is 1.07 bits per heavy atom. The lowest BCUT2D eigenvalue weighted by Gasteiger charge is -2.09. The van der Waals surface area contributed by atoms with Crippen LogP contribution in [0.15, 0.2) is 54.7 Å². The van der Waals surface area contributed by atoms with Crippen LogP contribution in [0.2, 0.25) is 5.02 Å². The molecule has 0 saturated heterocycles. The fourth-order valence-electron chi connectivity index (χ4n) is 2.72. The van der Waals surface area contributed by atoms with E-state index in [9.17, 15) is 14.4 Å². The zero-order chi connectivity index (χ0) is 19.4. The van der Waals surface area contributed by atoms with E-state index in [1.165, 1.54) is 29.9 Å². The van der Waals surface area contributed by atoms with Gasteiger partial charge in [-0.3, -0.25) is 14.2 Å². The number of methoxy groups -OCH3 is 1. The van der Waals surface area contributed by atoms with Crippen LogP contribution in [0.25, 0.3) is 10.9 Å². The van der Waals surface area contributed by atoms with Gasteiger partial charge in [0.25, 0.3) is 0 Å². The summed E-state index contributed by atoms with van der Waals surface area (Å²) >= 11 is 6.06. The monoisotopic (exact) mass is 384 g/mol. The Morgan fingerprint density at radius 3 is 2.63 bits per heavy atom. The van der Waals surface area contributed by atoms with E-state index in [0.717, 1.165) is 10.9 Å². The molecule has 0 aliphatic carbocycles. The van der Waals surface area contributed by atoms with E-state index in [1.807, 2.05) is 30.3 Å². The quantitative estimate of drug-likeness (QED) is 0.670. The van der Waals surface area contributed by atoms with Crippen molar-refractivity contribution < 1.29 is 19.1 Å². The van der Waals surface area contributed by atoms with E-state index in [-0.39, 0.29) is 30.2 Å². The van der Waals surface area contributed by atoms with Gasteiger partial charge in [0.1, 0.15) is 0 Å². The van der Waals surface area contributed by atoms with Gasteiger partial charge in [0.2, 0.25) is 11.8 Å². The molecule has 0 bridgehead atoms. The number of hydrogen-bond acceptors (Lipinski definition) is 4. The minimum atomic E-state index is -0.531. The summed E-state index contributed by atoms with van der Waals surface area (Å²) in [5, 5.41) is 3.88. The van der Waals surface area contributed by atoms with Crippen molar-refractivity contribution in [2.24, 2.45) is 0 Å². The van der Waals surface area contributed by atoms with Crippen molar-refractivity contribution in [1.29, 1.82) is 0 Å². The largest absolute Gasteiger partial charge is 0.465 e. The second-order valence-electron chi connectivity index (χ2n) is 5.87. The van der Waals surface area contributed by atoms with E-state index >= 15 is 0 Å². The van der Waals surface area contributed by atoms with Crippen molar-refractivity contribution >= 4 is 46.0 Å². The number of benzene rings is 2. The molecule has 1 N–H and O–H groups in total. The van der Waals surface area contributed by atoms with Gasteiger partial charge in [-0.05, 0) is 30.3 Å². The molecule has 0 aliphatic heterocycles. The Bertz CT molecular complexity index is 1030. The molecule has 6 nitrogen and oxygen atoms in total. The predicted octanol–water partition coefficient (Wildman–Crippen LogP) is 4.14. The van der Waals surface area contributed by atoms with Crippen molar-refractivity contribution in [2.75, 3.05) is 12.4 Å². The molecule has 0 radical (unpaired) electrons. The first-order chi connectivity index (χ1) is 13.0. The number of ether oxygens (including phenoxy) is 1. The van der Waals surface area contributed by atoms with E-state index in [4.69, 9.17) is 11.6 Å². The minimum Gasteiger partial charge on any atom is -0.465 e. The molecule has 1 heterocycles. The van der Waals surface area contributed by atoms with E-state index in [1.54, 1.807) is 6.20 Å². The lowest BCUT2D eigenvalue weighted by atomic mass is 10.2. The first-order valence-electron chi connectivity index (χ1n) is 8.26. The van der Waals surface area contributed by atoms with Gasteiger partial charge >= 0.3 is 5.97 Å². The Labute approximate surface area is 160 Å². The van der Waals surface area contributed by atoms with Crippen molar-refractivity contribution in [3.05, 3.63) is 65.3 Å². The third kappa shape index (κ3) is 4.17. The predicted molar refractivity (Wildman–Crippen MR) is 103 cm³/mol. The lowest BCUT2D eigenvalue weighted by Crippen LogP contribution is -2.16. The molecule has 138 valence electrons. The van der Waals surface area contributed by atoms with Gasteiger partial charge in [-0.2, -0.15) is 0 Å². The summed E-state index contributed by atoms with van der Waals surface area (Å²) in [4.78, 5) is 36.2. The van der Waals surface area contributed by atoms with E-state index < -0.39 is 5.97 Å². The summed E-state index contributed by atoms with van der Waals surface area (Å²) in [6.45, 7) is 0. The van der Waals surface area contributed by atoms with Gasteiger partial charge < -0.3 is 10.1 Å². The number of aromatic nitrogens is 1. The average molecular weight is 385 g/mol. The molecule has 0 aliphatic rings. The number of para-hydroxylation sites is 1. The zero-order valence-corrected chi connectivity index (χ0v) is 15.3. The molecule has 0 atom stereocenters. The number of fused-ring (bicyclic) bond motifs is 1. The van der Waals surface area contributed by atoms with Crippen molar-refractivity contribution in [3.63, 3.8) is 0 Å². The van der Waals surface area contributed by atoms with Crippen molar-refractivity contribution in [1.82, 2.24) is 4.57 Å². The molecule has 3 rings (SSSR count). The molecular weight excluding hydrogens is 368 g/mol. The van der Waals surface area contributed by atoms with Crippen LogP contribution >= 0.6 is 11.6 Å². The SMILES string of the molecule is COC(=O)c1ccc(Cl)c(NC(=O)CCC(=O)n2ccc3ccccc32)c1. The maximum absolute atomic E-state index is 12.4. The van der Waals surface area contributed by atoms with Crippen LogP contribution in [0.5, 0.6) is 0 Å². The summed E-state index contributed by atoms with van der Waals surface area (Å²) in [5.74, 6) is -1.08. The summed E-state index contributed by atoms with van der Waals surface area (Å²) in [6, 6.07) is 13.8. The first kappa shape index (κ1) is 18.7. The highest BCUT2D eigenvalue weighted by Crippen LogP contribution is 2.24. The van der Waals surface area contributed by atoms with E-state index in [2.05, 4.69) is 10.1 Å². The molecule has 1 amide bonds. The highest BCUT2D eigenvalue weighted by Gasteiger charge is 2.14. The van der Waals surface area contributed by atoms with Gasteiger partial charge in [-0.15, -0.1) is 0 Å². The summed E-state index contributed by atoms with van der Waals surface area (Å²) in [5.41, 5.74) is 1.37. The minimum absolute atomic E-state index is 0.00980. The fourth-order valence-corrected chi connectivity index (χ4v) is 2.88. The maximum Gasteiger partial charge on any atom is 0.337 e. The lowest BCUT2D eigenvalue weighted by molar-refractivity contribution is -0.116. The van der Waals surface area contributed by atoms with Crippen molar-refractivity contribution in [2.45, 2.75) is 12.8 Å². The Balaban J connectivity index is 1.65. The van der Waals surface area contributed by atoms with Crippen molar-refractivity contribution in [3.8, 4) is 0 Å². The second kappa shape index (κ2) is 8.05. The highest BCUT2D eigenvalue weighted by molar-refractivity contribution is 6.33. The first-order valence-corrected chi connectivity index (χ1v) is 8.64. The van der Waals surface area contributed by atoms with Gasteiger partial charge in [-0.1, -0.05) is 29.8 Å². The molecule has 1 aromatic heterocycles. The smallest absolute Gasteiger partial charge is 0.337 e. The van der Waals surface area contributed by atoms with Crippen LogP contribution in [0.4, 0.5) is 5.69 Å². The second-order valence-corrected chi connectivity index (χ2v) is 6.28. The van der Waals surface area contributed by atoms with Crippen LogP contribution in [-0.2, 0) is 9.53 Å². The number of carbonyl (C=O) groups is 3. The molecular formula is C20H17ClN2O4. The standard InChI is InChI=1S/C20H17ClN2O4/c1-27-20(26)14-6-7-15(21)16(12-14)22-18(24)8-9-19(25)23-11-10-13-4-2-3-5-17(13)23/h2-7,10-12H,8-9H2,1H3,(H,22,24). The van der Waals surface area contributed by atoms with Crippen LogP contribution in [0, 0.1) is 0 Å². The molecule has 7 heteroatoms. The van der Waals surface area contributed by atoms with Crippen LogP contribution in [0.1, 0.15) is 28.0 Å². The topological polar surface area (TPSA) is 77.4 Å². The number of amides is 1. The van der Waals surface area contributed by atoms with Gasteiger partial charge in [-0.25, -0.2) is 4.79 Å². The number of nitrogens with one attached hydrogen (secondary N) is 1. The summed E-state index contributed by atoms with van der Waals surface area (Å²) in [7, 11) is 1.27. The number of rotatable bonds is 5. The Morgan fingerprint density at radius 2 is 1.85 bits per heavy atom. The Hall–Kier alpha value is -3.12. The highest BCUT2D eigenvalue weighted by atomic mass is 35.5. The maximum atomic E-state index is 12.4. The van der Waals surface area contributed by atoms with Gasteiger partial charge in [0.05, 0.1) is 28.9 Å². The Kier molecular flexibility index (Phi) is 5.57. The summed E-state index contributed by atoms with van der Waals surface area (Å²) in [6.07, 6.45) is 1.73. The number of halogens is 1. The zero-order valence-electron chi connectivity index (χ0n) is 14.6. The molecule has 3 aromatic rings. The number of nitrogens with zero attached hydrogens (tertiary/aromatic N) is 1. The molecule has 27 heavy (non-hydrogen) atoms. The summed E-state index contributed by atoms with van der Waals surface area (Å²) < 4.78 is 6.18. The molecule has 0 unspecified atom stereocenters. The van der Waals surface area contributed by atoms with Crippen LogP contribution in [-0.4, -0.2) is 29.5 Å². The number of hydrogen-bond donors (Lipinski definition) is 1. The average Bonchev–Trinajstić information content (AvgIpc) is 3.11. The van der Waals surface area contributed by atoms with Gasteiger partial charge in [0.15, 0.2) is 0 Å². The van der Waals surface area contributed by atoms with E-state index in [0.29, 0.717) is 10.7 Å². The normalized spacial score (nSPS) is 10.6. The molecule has 2 aromatic carbocycles. The number of carbonyl (C=O) groups excluding carboxylic acids is 3. The third-order valence-electron chi connectivity index (χ3n) is 4.10.